The Hall–Kier alpha value is -1.18. The first-order valence-corrected chi connectivity index (χ1v) is 4.34. The van der Waals surface area contributed by atoms with Crippen molar-refractivity contribution in [1.82, 2.24) is 0 Å². The van der Waals surface area contributed by atoms with Crippen LogP contribution in [0.3, 0.4) is 0 Å². The highest BCUT2D eigenvalue weighted by atomic mass is 16.5. The maximum atomic E-state index is 5.26. The second-order valence-electron chi connectivity index (χ2n) is 3.23. The van der Waals surface area contributed by atoms with E-state index in [9.17, 15) is 0 Å². The van der Waals surface area contributed by atoms with Crippen molar-refractivity contribution in [3.8, 4) is 0 Å². The molecule has 72 valence electrons. The van der Waals surface area contributed by atoms with Crippen molar-refractivity contribution in [2.24, 2.45) is 0 Å². The molecule has 2 heteroatoms. The normalized spacial score (nSPS) is 17.5. The second-order valence-corrected chi connectivity index (χ2v) is 3.23. The van der Waals surface area contributed by atoms with Crippen molar-refractivity contribution in [2.75, 3.05) is 14.2 Å². The van der Waals surface area contributed by atoms with Crippen molar-refractivity contribution in [2.45, 2.75) is 20.3 Å². The molecule has 0 spiro atoms. The Morgan fingerprint density at radius 2 is 1.77 bits per heavy atom. The van der Waals surface area contributed by atoms with Gasteiger partial charge in [-0.2, -0.15) is 0 Å². The number of rotatable bonds is 2. The van der Waals surface area contributed by atoms with E-state index in [1.54, 1.807) is 14.2 Å². The average Bonchev–Trinajstić information content (AvgIpc) is 2.25. The van der Waals surface area contributed by atoms with E-state index < -0.39 is 0 Å². The van der Waals surface area contributed by atoms with Crippen molar-refractivity contribution < 1.29 is 9.47 Å². The minimum absolute atomic E-state index is 0.827. The molecular formula is C11H16O2. The highest BCUT2D eigenvalue weighted by molar-refractivity contribution is 5.34. The van der Waals surface area contributed by atoms with Gasteiger partial charge in [0.05, 0.1) is 20.0 Å². The van der Waals surface area contributed by atoms with E-state index in [0.717, 1.165) is 23.5 Å². The molecule has 0 radical (unpaired) electrons. The zero-order valence-electron chi connectivity index (χ0n) is 8.68. The van der Waals surface area contributed by atoms with Crippen LogP contribution in [0.5, 0.6) is 0 Å². The molecule has 0 heterocycles. The summed E-state index contributed by atoms with van der Waals surface area (Å²) < 4.78 is 10.5. The molecule has 0 saturated heterocycles. The van der Waals surface area contributed by atoms with Crippen LogP contribution in [-0.2, 0) is 9.47 Å². The number of methoxy groups -OCH3 is 2. The fourth-order valence-corrected chi connectivity index (χ4v) is 1.39. The molecule has 0 aromatic carbocycles. The van der Waals surface area contributed by atoms with Gasteiger partial charge in [-0.3, -0.25) is 0 Å². The SMILES string of the molecule is COC1=CC(C)=CC(OC)=C(C)C1. The molecule has 0 saturated carbocycles. The lowest BCUT2D eigenvalue weighted by Gasteiger charge is -2.06. The fraction of sp³-hybridized carbons (Fsp3) is 0.455. The predicted molar refractivity (Wildman–Crippen MR) is 53.2 cm³/mol. The van der Waals surface area contributed by atoms with Crippen LogP contribution in [0.25, 0.3) is 0 Å². The van der Waals surface area contributed by atoms with Gasteiger partial charge in [0.15, 0.2) is 0 Å². The maximum Gasteiger partial charge on any atom is 0.118 e. The molecule has 0 N–H and O–H groups in total. The minimum atomic E-state index is 0.827. The Morgan fingerprint density at radius 3 is 2.31 bits per heavy atom. The van der Waals surface area contributed by atoms with E-state index >= 15 is 0 Å². The van der Waals surface area contributed by atoms with Crippen molar-refractivity contribution in [3.63, 3.8) is 0 Å². The van der Waals surface area contributed by atoms with Gasteiger partial charge in [0.1, 0.15) is 5.76 Å². The number of allylic oxidation sites excluding steroid dienone is 4. The molecule has 0 aliphatic heterocycles. The minimum Gasteiger partial charge on any atom is -0.501 e. The Kier molecular flexibility index (Phi) is 3.18. The van der Waals surface area contributed by atoms with E-state index in [1.807, 2.05) is 19.1 Å². The Balaban J connectivity index is 3.00. The summed E-state index contributed by atoms with van der Waals surface area (Å²) in [6, 6.07) is 0. The molecule has 0 atom stereocenters. The third-order valence-corrected chi connectivity index (χ3v) is 2.09. The summed E-state index contributed by atoms with van der Waals surface area (Å²) in [6.45, 7) is 4.09. The van der Waals surface area contributed by atoms with Gasteiger partial charge in [0.2, 0.25) is 0 Å². The van der Waals surface area contributed by atoms with Crippen LogP contribution in [0.15, 0.2) is 34.8 Å². The molecule has 0 fully saturated rings. The van der Waals surface area contributed by atoms with Gasteiger partial charge in [0, 0.05) is 6.42 Å². The first-order chi connectivity index (χ1) is 6.17. The molecule has 0 amide bonds. The molecular weight excluding hydrogens is 164 g/mol. The lowest BCUT2D eigenvalue weighted by atomic mass is 10.2. The Labute approximate surface area is 79.5 Å². The van der Waals surface area contributed by atoms with Gasteiger partial charge in [-0.15, -0.1) is 0 Å². The molecule has 0 bridgehead atoms. The van der Waals surface area contributed by atoms with Gasteiger partial charge in [-0.05, 0) is 37.1 Å². The molecule has 0 aromatic heterocycles. The summed E-state index contributed by atoms with van der Waals surface area (Å²) >= 11 is 0. The molecule has 13 heavy (non-hydrogen) atoms. The number of ether oxygens (including phenoxy) is 2. The lowest BCUT2D eigenvalue weighted by molar-refractivity contribution is 0.277. The summed E-state index contributed by atoms with van der Waals surface area (Å²) in [7, 11) is 3.39. The smallest absolute Gasteiger partial charge is 0.118 e. The largest absolute Gasteiger partial charge is 0.501 e. The highest BCUT2D eigenvalue weighted by Crippen LogP contribution is 2.22. The van der Waals surface area contributed by atoms with Crippen molar-refractivity contribution in [3.05, 3.63) is 34.8 Å². The zero-order valence-corrected chi connectivity index (χ0v) is 8.68. The van der Waals surface area contributed by atoms with Crippen LogP contribution < -0.4 is 0 Å². The van der Waals surface area contributed by atoms with Crippen LogP contribution in [0.1, 0.15) is 20.3 Å². The topological polar surface area (TPSA) is 18.5 Å². The quantitative estimate of drug-likeness (QED) is 0.650. The fourth-order valence-electron chi connectivity index (χ4n) is 1.39. The van der Waals surface area contributed by atoms with Crippen LogP contribution in [-0.4, -0.2) is 14.2 Å². The maximum absolute atomic E-state index is 5.26. The van der Waals surface area contributed by atoms with E-state index in [-0.39, 0.29) is 0 Å². The highest BCUT2D eigenvalue weighted by Gasteiger charge is 2.08. The zero-order chi connectivity index (χ0) is 9.84. The van der Waals surface area contributed by atoms with Gasteiger partial charge in [-0.1, -0.05) is 0 Å². The van der Waals surface area contributed by atoms with Crippen molar-refractivity contribution >= 4 is 0 Å². The lowest BCUT2D eigenvalue weighted by Crippen LogP contribution is -1.91. The third kappa shape index (κ3) is 2.38. The standard InChI is InChI=1S/C11H16O2/c1-8-5-10(12-3)7-9(2)11(6-8)13-4/h5-6H,7H2,1-4H3. The summed E-state index contributed by atoms with van der Waals surface area (Å²) in [6.07, 6.45) is 4.89. The van der Waals surface area contributed by atoms with Crippen molar-refractivity contribution in [1.29, 1.82) is 0 Å². The van der Waals surface area contributed by atoms with Crippen LogP contribution in [0, 0.1) is 0 Å². The first kappa shape index (κ1) is 9.90. The Bertz CT molecular complexity index is 282. The van der Waals surface area contributed by atoms with Gasteiger partial charge >= 0.3 is 0 Å². The molecule has 1 aliphatic rings. The van der Waals surface area contributed by atoms with E-state index in [1.165, 1.54) is 5.57 Å². The molecule has 2 nitrogen and oxygen atoms in total. The van der Waals surface area contributed by atoms with Gasteiger partial charge in [-0.25, -0.2) is 0 Å². The molecule has 1 rings (SSSR count). The monoisotopic (exact) mass is 180 g/mol. The number of hydrogen-bond donors (Lipinski definition) is 0. The molecule has 0 aromatic rings. The third-order valence-electron chi connectivity index (χ3n) is 2.09. The molecule has 1 aliphatic carbocycles. The van der Waals surface area contributed by atoms with Crippen LogP contribution in [0.2, 0.25) is 0 Å². The summed E-state index contributed by atoms with van der Waals surface area (Å²) in [5.41, 5.74) is 2.36. The Morgan fingerprint density at radius 1 is 1.08 bits per heavy atom. The van der Waals surface area contributed by atoms with Crippen LogP contribution in [0.4, 0.5) is 0 Å². The second kappa shape index (κ2) is 4.17. The summed E-state index contributed by atoms with van der Waals surface area (Å²) in [5, 5.41) is 0. The first-order valence-electron chi connectivity index (χ1n) is 4.34. The summed E-state index contributed by atoms with van der Waals surface area (Å²) in [4.78, 5) is 0. The van der Waals surface area contributed by atoms with E-state index in [0.29, 0.717) is 0 Å². The molecule has 0 unspecified atom stereocenters. The number of hydrogen-bond acceptors (Lipinski definition) is 2. The van der Waals surface area contributed by atoms with E-state index in [2.05, 4.69) is 6.92 Å². The van der Waals surface area contributed by atoms with Gasteiger partial charge in [0.25, 0.3) is 0 Å². The van der Waals surface area contributed by atoms with Gasteiger partial charge < -0.3 is 9.47 Å². The summed E-state index contributed by atoms with van der Waals surface area (Å²) in [5.74, 6) is 1.93. The van der Waals surface area contributed by atoms with E-state index in [4.69, 9.17) is 9.47 Å². The average molecular weight is 180 g/mol. The predicted octanol–water partition coefficient (Wildman–Crippen LogP) is 2.79. The van der Waals surface area contributed by atoms with Crippen LogP contribution >= 0.6 is 0 Å².